The summed E-state index contributed by atoms with van der Waals surface area (Å²) in [5.41, 5.74) is 0.590. The molecule has 3 N–H and O–H groups in total. The SMILES string of the molecule is CCOC(=O)Nc1cc(Oc2ccc(NC(=O)Nc3ncc(C(C)(C)C)s3)c3ccccc23)ccn1. The van der Waals surface area contributed by atoms with Crippen molar-refractivity contribution in [1.29, 1.82) is 0 Å². The van der Waals surface area contributed by atoms with Gasteiger partial charge in [0.25, 0.3) is 0 Å². The van der Waals surface area contributed by atoms with Gasteiger partial charge in [-0.1, -0.05) is 45.0 Å². The van der Waals surface area contributed by atoms with Gasteiger partial charge >= 0.3 is 12.1 Å². The van der Waals surface area contributed by atoms with Crippen LogP contribution in [0.15, 0.2) is 60.9 Å². The third-order valence-corrected chi connectivity index (χ3v) is 6.40. The molecule has 0 spiro atoms. The molecular formula is C26H27N5O4S. The molecular weight excluding hydrogens is 478 g/mol. The largest absolute Gasteiger partial charge is 0.457 e. The molecule has 0 fully saturated rings. The van der Waals surface area contributed by atoms with Gasteiger partial charge in [0.1, 0.15) is 17.3 Å². The summed E-state index contributed by atoms with van der Waals surface area (Å²) in [6, 6.07) is 14.0. The highest BCUT2D eigenvalue weighted by Gasteiger charge is 2.18. The molecule has 2 heterocycles. The molecule has 0 saturated heterocycles. The molecule has 0 bridgehead atoms. The number of fused-ring (bicyclic) bond motifs is 1. The molecule has 0 saturated carbocycles. The van der Waals surface area contributed by atoms with Gasteiger partial charge in [-0.25, -0.2) is 19.6 Å². The van der Waals surface area contributed by atoms with Crippen LogP contribution in [0.5, 0.6) is 11.5 Å². The van der Waals surface area contributed by atoms with Crippen molar-refractivity contribution in [1.82, 2.24) is 9.97 Å². The van der Waals surface area contributed by atoms with E-state index in [1.807, 2.05) is 24.3 Å². The molecule has 2 aromatic heterocycles. The summed E-state index contributed by atoms with van der Waals surface area (Å²) in [5, 5.41) is 10.4. The Bertz CT molecular complexity index is 1400. The van der Waals surface area contributed by atoms with Crippen molar-refractivity contribution in [2.24, 2.45) is 0 Å². The first kappa shape index (κ1) is 24.9. The number of nitrogens with one attached hydrogen (secondary N) is 3. The first-order valence-corrected chi connectivity index (χ1v) is 12.2. The van der Waals surface area contributed by atoms with Gasteiger partial charge in [-0.15, -0.1) is 11.3 Å². The van der Waals surface area contributed by atoms with E-state index in [-0.39, 0.29) is 18.1 Å². The van der Waals surface area contributed by atoms with Crippen LogP contribution in [0.3, 0.4) is 0 Å². The van der Waals surface area contributed by atoms with Gasteiger partial charge in [-0.2, -0.15) is 0 Å². The van der Waals surface area contributed by atoms with E-state index in [9.17, 15) is 9.59 Å². The Kier molecular flexibility index (Phi) is 7.35. The normalized spacial score (nSPS) is 11.1. The molecule has 0 aliphatic carbocycles. The van der Waals surface area contributed by atoms with Crippen LogP contribution < -0.4 is 20.7 Å². The standard InChI is InChI=1S/C26H27N5O4S/c1-5-34-25(33)30-22-14-16(12-13-27-22)35-20-11-10-19(17-8-6-7-9-18(17)20)29-23(32)31-24-28-15-21(36-24)26(2,3)4/h6-15H,5H2,1-4H3,(H,27,30,33)(H2,28,29,31,32). The van der Waals surface area contributed by atoms with E-state index in [2.05, 4.69) is 46.7 Å². The van der Waals surface area contributed by atoms with E-state index in [1.54, 1.807) is 37.4 Å². The summed E-state index contributed by atoms with van der Waals surface area (Å²) >= 11 is 1.45. The van der Waals surface area contributed by atoms with Crippen LogP contribution in [0.4, 0.5) is 26.2 Å². The maximum atomic E-state index is 12.7. The summed E-state index contributed by atoms with van der Waals surface area (Å²) in [6.45, 7) is 8.29. The zero-order valence-corrected chi connectivity index (χ0v) is 21.2. The van der Waals surface area contributed by atoms with Crippen LogP contribution in [-0.4, -0.2) is 28.7 Å². The number of pyridine rings is 1. The Labute approximate surface area is 212 Å². The van der Waals surface area contributed by atoms with Crippen molar-refractivity contribution >= 4 is 50.9 Å². The monoisotopic (exact) mass is 505 g/mol. The van der Waals surface area contributed by atoms with Crippen LogP contribution in [0.1, 0.15) is 32.6 Å². The van der Waals surface area contributed by atoms with Gasteiger partial charge < -0.3 is 14.8 Å². The zero-order valence-electron chi connectivity index (χ0n) is 20.4. The quantitative estimate of drug-likeness (QED) is 0.260. The smallest absolute Gasteiger partial charge is 0.412 e. The van der Waals surface area contributed by atoms with Gasteiger partial charge in [0.2, 0.25) is 0 Å². The number of carbonyl (C=O) groups is 2. The number of thiazole rings is 1. The van der Waals surface area contributed by atoms with Crippen LogP contribution >= 0.6 is 11.3 Å². The van der Waals surface area contributed by atoms with Crippen molar-refractivity contribution in [2.45, 2.75) is 33.1 Å². The molecule has 3 amide bonds. The van der Waals surface area contributed by atoms with E-state index < -0.39 is 6.09 Å². The van der Waals surface area contributed by atoms with Crippen LogP contribution in [0, 0.1) is 0 Å². The Balaban J connectivity index is 1.51. The first-order chi connectivity index (χ1) is 17.2. The lowest BCUT2D eigenvalue weighted by Crippen LogP contribution is -2.19. The number of ether oxygens (including phenoxy) is 2. The predicted octanol–water partition coefficient (Wildman–Crippen LogP) is 6.99. The minimum Gasteiger partial charge on any atom is -0.457 e. The molecule has 36 heavy (non-hydrogen) atoms. The summed E-state index contributed by atoms with van der Waals surface area (Å²) < 4.78 is 11.0. The molecule has 0 unspecified atom stereocenters. The number of carbonyl (C=O) groups excluding carboxylic acids is 2. The molecule has 186 valence electrons. The molecule has 9 nitrogen and oxygen atoms in total. The number of nitrogens with zero attached hydrogens (tertiary/aromatic N) is 2. The molecule has 0 atom stereocenters. The number of urea groups is 1. The maximum Gasteiger partial charge on any atom is 0.412 e. The molecule has 4 rings (SSSR count). The van der Waals surface area contributed by atoms with Crippen molar-refractivity contribution in [3.63, 3.8) is 0 Å². The van der Waals surface area contributed by atoms with E-state index in [4.69, 9.17) is 9.47 Å². The van der Waals surface area contributed by atoms with Crippen molar-refractivity contribution in [2.75, 3.05) is 22.6 Å². The number of aromatic nitrogens is 2. The summed E-state index contributed by atoms with van der Waals surface area (Å²) in [4.78, 5) is 33.9. The molecule has 4 aromatic rings. The lowest BCUT2D eigenvalue weighted by Gasteiger charge is -2.14. The minimum absolute atomic E-state index is 0.0371. The highest BCUT2D eigenvalue weighted by Crippen LogP contribution is 2.35. The molecule has 10 heteroatoms. The summed E-state index contributed by atoms with van der Waals surface area (Å²) in [6.07, 6.45) is 2.73. The second kappa shape index (κ2) is 10.6. The average Bonchev–Trinajstić information content (AvgIpc) is 3.30. The Morgan fingerprint density at radius 3 is 2.47 bits per heavy atom. The number of benzene rings is 2. The van der Waals surface area contributed by atoms with Crippen LogP contribution in [0.25, 0.3) is 10.8 Å². The molecule has 0 radical (unpaired) electrons. The third-order valence-electron chi connectivity index (χ3n) is 5.06. The number of hydrogen-bond acceptors (Lipinski definition) is 7. The van der Waals surface area contributed by atoms with Crippen molar-refractivity contribution < 1.29 is 19.1 Å². The average molecular weight is 506 g/mol. The van der Waals surface area contributed by atoms with E-state index in [0.29, 0.717) is 28.1 Å². The highest BCUT2D eigenvalue weighted by molar-refractivity contribution is 7.15. The van der Waals surface area contributed by atoms with Gasteiger partial charge in [-0.3, -0.25) is 10.6 Å². The maximum absolute atomic E-state index is 12.7. The van der Waals surface area contributed by atoms with Gasteiger partial charge in [0, 0.05) is 34.1 Å². The second-order valence-electron chi connectivity index (χ2n) is 8.84. The predicted molar refractivity (Wildman–Crippen MR) is 142 cm³/mol. The zero-order chi connectivity index (χ0) is 25.7. The van der Waals surface area contributed by atoms with Crippen LogP contribution in [-0.2, 0) is 10.2 Å². The van der Waals surface area contributed by atoms with Gasteiger partial charge in [-0.05, 0) is 30.5 Å². The van der Waals surface area contributed by atoms with E-state index >= 15 is 0 Å². The van der Waals surface area contributed by atoms with E-state index in [0.717, 1.165) is 15.6 Å². The number of anilines is 3. The Morgan fingerprint density at radius 1 is 0.972 bits per heavy atom. The summed E-state index contributed by atoms with van der Waals surface area (Å²) in [5.74, 6) is 1.38. The molecule has 0 aliphatic rings. The lowest BCUT2D eigenvalue weighted by molar-refractivity contribution is 0.168. The minimum atomic E-state index is -0.589. The lowest BCUT2D eigenvalue weighted by atomic mass is 9.96. The van der Waals surface area contributed by atoms with Crippen LogP contribution in [0.2, 0.25) is 0 Å². The first-order valence-electron chi connectivity index (χ1n) is 11.4. The molecule has 2 aromatic carbocycles. The Hall–Kier alpha value is -4.18. The number of rotatable bonds is 6. The number of hydrogen-bond donors (Lipinski definition) is 3. The fourth-order valence-corrected chi connectivity index (χ4v) is 4.21. The van der Waals surface area contributed by atoms with Gasteiger partial charge in [0.05, 0.1) is 12.3 Å². The second-order valence-corrected chi connectivity index (χ2v) is 9.87. The third kappa shape index (κ3) is 6.08. The fourth-order valence-electron chi connectivity index (χ4n) is 3.34. The fraction of sp³-hybridized carbons (Fsp3) is 0.231. The summed E-state index contributed by atoms with van der Waals surface area (Å²) in [7, 11) is 0. The number of amides is 3. The molecule has 0 aliphatic heterocycles. The topological polar surface area (TPSA) is 114 Å². The van der Waals surface area contributed by atoms with E-state index in [1.165, 1.54) is 17.5 Å². The Morgan fingerprint density at radius 2 is 1.75 bits per heavy atom. The van der Waals surface area contributed by atoms with Crippen molar-refractivity contribution in [3.05, 3.63) is 65.8 Å². The van der Waals surface area contributed by atoms with Gasteiger partial charge in [0.15, 0.2) is 5.13 Å². The van der Waals surface area contributed by atoms with Crippen molar-refractivity contribution in [3.8, 4) is 11.5 Å². The highest BCUT2D eigenvalue weighted by atomic mass is 32.1.